The number of rotatable bonds is 9. The Morgan fingerprint density at radius 1 is 0.196 bits per heavy atom. The van der Waals surface area contributed by atoms with E-state index in [-0.39, 0.29) is 0 Å². The van der Waals surface area contributed by atoms with Crippen molar-refractivity contribution in [1.82, 2.24) is 4.57 Å². The SMILES string of the molecule is C[Si]1(C)c2cc(-c3ccc(-c4ccccc4)cc3)ccc2-c2ccc(-n3c4ccc(-c5ccc(-c6ccc(-c7cc8ccccc8c8ccccc78)cc6)cc5)cc4c4cc(-c5ccc(-c6ccc(-c7cc8ccccc8c8ccccc78)cc6)cc5)ccc43)cc21. The predicted octanol–water partition coefficient (Wildman–Crippen LogP) is 23.5. The molecule has 0 spiro atoms. The largest absolute Gasteiger partial charge is 0.309 e. The van der Waals surface area contributed by atoms with Crippen LogP contribution in [0.3, 0.4) is 0 Å². The Labute approximate surface area is 537 Å². The summed E-state index contributed by atoms with van der Waals surface area (Å²) in [4.78, 5) is 0. The molecule has 0 amide bonds. The van der Waals surface area contributed by atoms with Gasteiger partial charge in [0, 0.05) is 16.5 Å². The molecule has 18 rings (SSSR count). The second-order valence-corrected chi connectivity index (χ2v) is 29.9. The van der Waals surface area contributed by atoms with E-state index >= 15 is 0 Å². The molecule has 0 unspecified atom stereocenters. The molecule has 92 heavy (non-hydrogen) atoms. The van der Waals surface area contributed by atoms with Gasteiger partial charge in [-0.25, -0.2) is 0 Å². The minimum Gasteiger partial charge on any atom is -0.309 e. The third-order valence-corrected chi connectivity index (χ3v) is 23.6. The molecule has 0 aliphatic carbocycles. The summed E-state index contributed by atoms with van der Waals surface area (Å²) in [5.74, 6) is 0. The first-order valence-corrected chi connectivity index (χ1v) is 35.1. The van der Waals surface area contributed by atoms with Gasteiger partial charge in [-0.2, -0.15) is 0 Å². The Morgan fingerprint density at radius 3 is 0.935 bits per heavy atom. The molecule has 16 aromatic carbocycles. The highest BCUT2D eigenvalue weighted by Crippen LogP contribution is 2.42. The standard InChI is InChI=1S/C90H61NSi/c1-92(2)89-56-71(66-34-24-59(25-35-66)58-14-4-3-5-15-58)44-48-81(89)82-49-47-74(57-90(82)92)91-87-50-45-69(64-30-26-60(27-31-64)62-36-40-67(41-37-62)83-54-72-16-6-8-18-75(72)77-20-10-12-22-79(77)83)52-85(87)86-53-70(46-51-88(86)91)65-32-28-61(29-33-65)63-38-42-68(43-39-63)84-55-73-17-7-9-19-76(73)78-21-11-13-23-80(78)84/h3-57H,1-2H3. The highest BCUT2D eigenvalue weighted by Gasteiger charge is 2.38. The van der Waals surface area contributed by atoms with Crippen LogP contribution in [-0.2, 0) is 0 Å². The Hall–Kier alpha value is -11.4. The first kappa shape index (κ1) is 53.6. The molecule has 0 fully saturated rings. The van der Waals surface area contributed by atoms with E-state index < -0.39 is 8.07 Å². The highest BCUT2D eigenvalue weighted by molar-refractivity contribution is 7.04. The second kappa shape index (κ2) is 21.4. The predicted molar refractivity (Wildman–Crippen MR) is 396 cm³/mol. The van der Waals surface area contributed by atoms with Crippen LogP contribution < -0.4 is 10.4 Å². The van der Waals surface area contributed by atoms with Crippen LogP contribution >= 0.6 is 0 Å². The Kier molecular flexibility index (Phi) is 12.5. The number of fused-ring (bicyclic) bond motifs is 12. The maximum atomic E-state index is 2.54. The zero-order valence-corrected chi connectivity index (χ0v) is 52.2. The summed E-state index contributed by atoms with van der Waals surface area (Å²) in [6.07, 6.45) is 0. The minimum atomic E-state index is -2.14. The van der Waals surface area contributed by atoms with Crippen LogP contribution in [0.15, 0.2) is 334 Å². The van der Waals surface area contributed by atoms with Gasteiger partial charge < -0.3 is 4.57 Å². The van der Waals surface area contributed by atoms with Gasteiger partial charge in [0.2, 0.25) is 0 Å². The van der Waals surface area contributed by atoms with Gasteiger partial charge in [-0.15, -0.1) is 0 Å². The molecule has 0 bridgehead atoms. The molecule has 430 valence electrons. The zero-order chi connectivity index (χ0) is 61.0. The summed E-state index contributed by atoms with van der Waals surface area (Å²) >= 11 is 0. The van der Waals surface area contributed by atoms with Gasteiger partial charge in [0.05, 0.1) is 11.0 Å². The van der Waals surface area contributed by atoms with Crippen LogP contribution in [0.4, 0.5) is 0 Å². The fourth-order valence-corrected chi connectivity index (χ4v) is 18.3. The van der Waals surface area contributed by atoms with Gasteiger partial charge in [0.1, 0.15) is 8.07 Å². The number of benzene rings is 16. The van der Waals surface area contributed by atoms with Crippen molar-refractivity contribution in [2.45, 2.75) is 13.1 Å². The third-order valence-electron chi connectivity index (χ3n) is 20.0. The molecule has 0 radical (unpaired) electrons. The van der Waals surface area contributed by atoms with E-state index in [0.29, 0.717) is 0 Å². The lowest BCUT2D eigenvalue weighted by Crippen LogP contribution is -2.49. The molecule has 1 aliphatic heterocycles. The first-order chi connectivity index (χ1) is 45.3. The van der Waals surface area contributed by atoms with Crippen molar-refractivity contribution >= 4 is 83.3 Å². The molecular formula is C90H61NSi. The fourth-order valence-electron chi connectivity index (χ4n) is 15.2. The van der Waals surface area contributed by atoms with Gasteiger partial charge in [-0.1, -0.05) is 298 Å². The van der Waals surface area contributed by atoms with Crippen LogP contribution in [0, 0.1) is 0 Å². The number of nitrogens with zero attached hydrogens (tertiary/aromatic N) is 1. The molecule has 0 saturated heterocycles. The Bertz CT molecular complexity index is 5510. The summed E-state index contributed by atoms with van der Waals surface area (Å²) in [5, 5.41) is 15.7. The van der Waals surface area contributed by atoms with Crippen LogP contribution in [0.1, 0.15) is 0 Å². The molecule has 2 heteroatoms. The summed E-state index contributed by atoms with van der Waals surface area (Å²) in [6.45, 7) is 5.08. The smallest absolute Gasteiger partial charge is 0.113 e. The van der Waals surface area contributed by atoms with E-state index in [2.05, 4.69) is 351 Å². The topological polar surface area (TPSA) is 4.93 Å². The van der Waals surface area contributed by atoms with E-state index in [9.17, 15) is 0 Å². The molecular weight excluding hydrogens is 1120 g/mol. The van der Waals surface area contributed by atoms with Crippen LogP contribution in [-0.4, -0.2) is 12.6 Å². The van der Waals surface area contributed by atoms with Gasteiger partial charge >= 0.3 is 0 Å². The summed E-state index contributed by atoms with van der Waals surface area (Å²) in [7, 11) is -2.14. The molecule has 17 aromatic rings. The maximum Gasteiger partial charge on any atom is 0.113 e. The lowest BCUT2D eigenvalue weighted by molar-refractivity contribution is 1.18. The number of aromatic nitrogens is 1. The van der Waals surface area contributed by atoms with E-state index in [1.54, 1.807) is 0 Å². The van der Waals surface area contributed by atoms with Gasteiger partial charge in [0.25, 0.3) is 0 Å². The molecule has 0 atom stereocenters. The van der Waals surface area contributed by atoms with Crippen LogP contribution in [0.5, 0.6) is 0 Å². The number of hydrogen-bond acceptors (Lipinski definition) is 0. The summed E-state index contributed by atoms with van der Waals surface area (Å²) in [5.41, 5.74) is 25.9. The summed E-state index contributed by atoms with van der Waals surface area (Å²) < 4.78 is 2.52. The van der Waals surface area contributed by atoms with E-state index in [0.717, 1.165) is 0 Å². The normalized spacial score (nSPS) is 12.5. The molecule has 1 nitrogen and oxygen atoms in total. The molecule has 2 heterocycles. The Morgan fingerprint density at radius 2 is 0.500 bits per heavy atom. The van der Waals surface area contributed by atoms with Crippen molar-refractivity contribution < 1.29 is 0 Å². The average Bonchev–Trinajstić information content (AvgIpc) is 1.58. The quantitative estimate of drug-likeness (QED) is 0.100. The van der Waals surface area contributed by atoms with Crippen molar-refractivity contribution in [2.75, 3.05) is 0 Å². The lowest BCUT2D eigenvalue weighted by Gasteiger charge is -2.20. The van der Waals surface area contributed by atoms with E-state index in [1.807, 2.05) is 0 Å². The van der Waals surface area contributed by atoms with E-state index in [1.165, 1.54) is 181 Å². The van der Waals surface area contributed by atoms with Crippen molar-refractivity contribution in [3.8, 4) is 106 Å². The maximum absolute atomic E-state index is 2.54. The lowest BCUT2D eigenvalue weighted by atomic mass is 9.92. The summed E-state index contributed by atoms with van der Waals surface area (Å²) in [6, 6.07) is 125. The minimum absolute atomic E-state index is 1.19. The zero-order valence-electron chi connectivity index (χ0n) is 51.2. The molecule has 0 saturated carbocycles. The molecule has 0 N–H and O–H groups in total. The molecule has 1 aliphatic rings. The van der Waals surface area contributed by atoms with Crippen molar-refractivity contribution in [1.29, 1.82) is 0 Å². The Balaban J connectivity index is 0.692. The number of hydrogen-bond donors (Lipinski definition) is 0. The molecule has 1 aromatic heterocycles. The van der Waals surface area contributed by atoms with Crippen LogP contribution in [0.2, 0.25) is 13.1 Å². The second-order valence-electron chi connectivity index (χ2n) is 25.5. The van der Waals surface area contributed by atoms with Crippen molar-refractivity contribution in [2.24, 2.45) is 0 Å². The average molecular weight is 1180 g/mol. The fraction of sp³-hybridized carbons (Fsp3) is 0.0222. The first-order valence-electron chi connectivity index (χ1n) is 32.1. The van der Waals surface area contributed by atoms with Gasteiger partial charge in [0.15, 0.2) is 0 Å². The van der Waals surface area contributed by atoms with Gasteiger partial charge in [-0.3, -0.25) is 0 Å². The van der Waals surface area contributed by atoms with Crippen molar-refractivity contribution in [3.63, 3.8) is 0 Å². The van der Waals surface area contributed by atoms with Crippen molar-refractivity contribution in [3.05, 3.63) is 334 Å². The van der Waals surface area contributed by atoms with Crippen LogP contribution in [0.25, 0.3) is 171 Å². The monoisotopic (exact) mass is 1180 g/mol. The van der Waals surface area contributed by atoms with E-state index in [4.69, 9.17) is 0 Å². The highest BCUT2D eigenvalue weighted by atomic mass is 28.3. The van der Waals surface area contributed by atoms with Gasteiger partial charge in [-0.05, 0) is 202 Å². The third kappa shape index (κ3) is 8.89.